The van der Waals surface area contributed by atoms with Crippen LogP contribution in [0.15, 0.2) is 24.3 Å². The van der Waals surface area contributed by atoms with Gasteiger partial charge < -0.3 is 10.1 Å². The molecule has 0 aliphatic carbocycles. The Labute approximate surface area is 111 Å². The Balaban J connectivity index is 2.65. The molecule has 1 unspecified atom stereocenters. The van der Waals surface area contributed by atoms with Gasteiger partial charge in [-0.25, -0.2) is 4.79 Å². The molecule has 0 saturated heterocycles. The summed E-state index contributed by atoms with van der Waals surface area (Å²) >= 11 is 0. The van der Waals surface area contributed by atoms with Gasteiger partial charge in [0, 0.05) is 12.1 Å². The van der Waals surface area contributed by atoms with Crippen LogP contribution in [0.25, 0.3) is 0 Å². The highest BCUT2D eigenvalue weighted by atomic mass is 16.6. The van der Waals surface area contributed by atoms with Crippen LogP contribution in [0.4, 0.5) is 10.5 Å². The quantitative estimate of drug-likeness (QED) is 0.673. The van der Waals surface area contributed by atoms with Crippen LogP contribution in [0.3, 0.4) is 0 Å². The molecule has 0 heterocycles. The first-order valence-corrected chi connectivity index (χ1v) is 5.93. The van der Waals surface area contributed by atoms with Crippen LogP contribution in [0.2, 0.25) is 0 Å². The molecule has 0 spiro atoms. The van der Waals surface area contributed by atoms with Gasteiger partial charge in [0.25, 0.3) is 5.69 Å². The highest BCUT2D eigenvalue weighted by Gasteiger charge is 2.18. The van der Waals surface area contributed by atoms with Crippen molar-refractivity contribution in [2.24, 2.45) is 0 Å². The summed E-state index contributed by atoms with van der Waals surface area (Å²) in [5, 5.41) is 13.2. The third-order valence-corrected chi connectivity index (χ3v) is 2.34. The van der Waals surface area contributed by atoms with Gasteiger partial charge in [-0.3, -0.25) is 10.1 Å². The second kappa shape index (κ2) is 5.69. The molecule has 1 rings (SSSR count). The summed E-state index contributed by atoms with van der Waals surface area (Å²) in [6, 6.07) is 5.75. The molecule has 0 aromatic heterocycles. The molecule has 104 valence electrons. The number of hydrogen-bond acceptors (Lipinski definition) is 4. The monoisotopic (exact) mass is 266 g/mol. The third-order valence-electron chi connectivity index (χ3n) is 2.34. The lowest BCUT2D eigenvalue weighted by Gasteiger charge is -2.22. The van der Waals surface area contributed by atoms with Crippen molar-refractivity contribution in [2.45, 2.75) is 39.3 Å². The number of hydrogen-bond donors (Lipinski definition) is 1. The Morgan fingerprint density at radius 2 is 1.84 bits per heavy atom. The van der Waals surface area contributed by atoms with Crippen molar-refractivity contribution in [1.82, 2.24) is 5.32 Å². The van der Waals surface area contributed by atoms with Crippen LogP contribution in [-0.2, 0) is 4.74 Å². The number of amides is 1. The molecule has 6 nitrogen and oxygen atoms in total. The molecule has 1 amide bonds. The second-order valence-corrected chi connectivity index (χ2v) is 5.22. The van der Waals surface area contributed by atoms with E-state index < -0.39 is 16.6 Å². The molecule has 0 saturated carbocycles. The first-order chi connectivity index (χ1) is 8.69. The molecule has 0 radical (unpaired) electrons. The average Bonchev–Trinajstić information content (AvgIpc) is 2.26. The summed E-state index contributed by atoms with van der Waals surface area (Å²) in [6.07, 6.45) is -0.515. The zero-order chi connectivity index (χ0) is 14.6. The van der Waals surface area contributed by atoms with Gasteiger partial charge in [0.1, 0.15) is 5.60 Å². The van der Waals surface area contributed by atoms with Gasteiger partial charge >= 0.3 is 6.09 Å². The van der Waals surface area contributed by atoms with Crippen molar-refractivity contribution < 1.29 is 14.5 Å². The second-order valence-electron chi connectivity index (χ2n) is 5.22. The molecular formula is C13H18N2O4. The van der Waals surface area contributed by atoms with E-state index in [1.54, 1.807) is 39.8 Å². The van der Waals surface area contributed by atoms with Crippen LogP contribution in [0.1, 0.15) is 39.3 Å². The number of nitro groups is 1. The summed E-state index contributed by atoms with van der Waals surface area (Å²) in [4.78, 5) is 21.6. The van der Waals surface area contributed by atoms with E-state index >= 15 is 0 Å². The maximum Gasteiger partial charge on any atom is 0.408 e. The summed E-state index contributed by atoms with van der Waals surface area (Å²) in [6.45, 7) is 7.13. The Hall–Kier alpha value is -2.11. The lowest BCUT2D eigenvalue weighted by molar-refractivity contribution is -0.384. The van der Waals surface area contributed by atoms with Gasteiger partial charge in [0.2, 0.25) is 0 Å². The number of carbonyl (C=O) groups excluding carboxylic acids is 1. The van der Waals surface area contributed by atoms with Crippen LogP contribution in [0, 0.1) is 10.1 Å². The van der Waals surface area contributed by atoms with E-state index in [1.807, 2.05) is 0 Å². The van der Waals surface area contributed by atoms with Gasteiger partial charge in [0.05, 0.1) is 11.0 Å². The molecule has 0 bridgehead atoms. The van der Waals surface area contributed by atoms with Crippen molar-refractivity contribution in [1.29, 1.82) is 0 Å². The number of nitrogens with one attached hydrogen (secondary N) is 1. The zero-order valence-corrected chi connectivity index (χ0v) is 11.5. The highest BCUT2D eigenvalue weighted by molar-refractivity contribution is 5.68. The molecular weight excluding hydrogens is 248 g/mol. The van der Waals surface area contributed by atoms with Crippen LogP contribution >= 0.6 is 0 Å². The molecule has 0 aliphatic rings. The molecule has 1 aromatic carbocycles. The minimum Gasteiger partial charge on any atom is -0.444 e. The SMILES string of the molecule is CC(NC(=O)OC(C)(C)C)c1ccc([N+](=O)[O-])cc1. The number of non-ortho nitro benzene ring substituents is 1. The van der Waals surface area contributed by atoms with E-state index in [-0.39, 0.29) is 11.7 Å². The maximum atomic E-state index is 11.6. The zero-order valence-electron chi connectivity index (χ0n) is 11.5. The first kappa shape index (κ1) is 14.9. The van der Waals surface area contributed by atoms with Crippen molar-refractivity contribution in [3.63, 3.8) is 0 Å². The van der Waals surface area contributed by atoms with Crippen molar-refractivity contribution >= 4 is 11.8 Å². The number of nitro benzene ring substituents is 1. The normalized spacial score (nSPS) is 12.6. The van der Waals surface area contributed by atoms with E-state index in [4.69, 9.17) is 4.74 Å². The lowest BCUT2D eigenvalue weighted by Crippen LogP contribution is -2.34. The van der Waals surface area contributed by atoms with Crippen molar-refractivity contribution in [3.8, 4) is 0 Å². The van der Waals surface area contributed by atoms with Gasteiger partial charge in [-0.2, -0.15) is 0 Å². The van der Waals surface area contributed by atoms with Crippen molar-refractivity contribution in [3.05, 3.63) is 39.9 Å². The topological polar surface area (TPSA) is 81.5 Å². The lowest BCUT2D eigenvalue weighted by atomic mass is 10.1. The fourth-order valence-corrected chi connectivity index (χ4v) is 1.45. The van der Waals surface area contributed by atoms with E-state index in [2.05, 4.69) is 5.32 Å². The molecule has 1 N–H and O–H groups in total. The summed E-state index contributed by atoms with van der Waals surface area (Å²) in [5.74, 6) is 0. The smallest absolute Gasteiger partial charge is 0.408 e. The number of benzene rings is 1. The Morgan fingerprint density at radius 3 is 2.26 bits per heavy atom. The van der Waals surface area contributed by atoms with Gasteiger partial charge in [-0.1, -0.05) is 12.1 Å². The molecule has 0 aliphatic heterocycles. The molecule has 0 fully saturated rings. The van der Waals surface area contributed by atoms with E-state index in [1.165, 1.54) is 12.1 Å². The van der Waals surface area contributed by atoms with Crippen LogP contribution < -0.4 is 5.32 Å². The average molecular weight is 266 g/mol. The van der Waals surface area contributed by atoms with Crippen LogP contribution in [0.5, 0.6) is 0 Å². The van der Waals surface area contributed by atoms with Gasteiger partial charge in [0.15, 0.2) is 0 Å². The number of carbonyl (C=O) groups is 1. The standard InChI is InChI=1S/C13H18N2O4/c1-9(14-12(16)19-13(2,3)4)10-5-7-11(8-6-10)15(17)18/h5-9H,1-4H3,(H,14,16). The predicted molar refractivity (Wildman–Crippen MR) is 70.9 cm³/mol. The Kier molecular flexibility index (Phi) is 4.47. The maximum absolute atomic E-state index is 11.6. The minimum atomic E-state index is -0.556. The predicted octanol–water partition coefficient (Wildman–Crippen LogP) is 3.18. The van der Waals surface area contributed by atoms with Crippen LogP contribution in [-0.4, -0.2) is 16.6 Å². The third kappa shape index (κ3) is 4.95. The molecule has 1 aromatic rings. The number of rotatable bonds is 3. The largest absolute Gasteiger partial charge is 0.444 e. The van der Waals surface area contributed by atoms with E-state index in [0.29, 0.717) is 0 Å². The number of nitrogens with zero attached hydrogens (tertiary/aromatic N) is 1. The molecule has 6 heteroatoms. The summed E-state index contributed by atoms with van der Waals surface area (Å²) < 4.78 is 5.13. The Morgan fingerprint density at radius 1 is 1.32 bits per heavy atom. The van der Waals surface area contributed by atoms with Crippen molar-refractivity contribution in [2.75, 3.05) is 0 Å². The fourth-order valence-electron chi connectivity index (χ4n) is 1.45. The minimum absolute atomic E-state index is 0.0215. The Bertz CT molecular complexity index is 463. The van der Waals surface area contributed by atoms with Gasteiger partial charge in [-0.05, 0) is 33.3 Å². The molecule has 19 heavy (non-hydrogen) atoms. The summed E-state index contributed by atoms with van der Waals surface area (Å²) in [5.41, 5.74) is 0.240. The number of alkyl carbamates (subject to hydrolysis) is 1. The van der Waals surface area contributed by atoms with E-state index in [0.717, 1.165) is 5.56 Å². The fraction of sp³-hybridized carbons (Fsp3) is 0.462. The van der Waals surface area contributed by atoms with E-state index in [9.17, 15) is 14.9 Å². The van der Waals surface area contributed by atoms with Gasteiger partial charge in [-0.15, -0.1) is 0 Å². The number of ether oxygens (including phenoxy) is 1. The molecule has 1 atom stereocenters. The first-order valence-electron chi connectivity index (χ1n) is 5.93. The highest BCUT2D eigenvalue weighted by Crippen LogP contribution is 2.18. The summed E-state index contributed by atoms with van der Waals surface area (Å²) in [7, 11) is 0.